The summed E-state index contributed by atoms with van der Waals surface area (Å²) in [5.41, 5.74) is 0.261. The van der Waals surface area contributed by atoms with Crippen LogP contribution in [-0.4, -0.2) is 23.5 Å². The zero-order valence-corrected chi connectivity index (χ0v) is 11.3. The second-order valence-electron chi connectivity index (χ2n) is 4.06. The molecule has 0 fully saturated rings. The summed E-state index contributed by atoms with van der Waals surface area (Å²) < 4.78 is 18.4. The van der Waals surface area contributed by atoms with E-state index in [0.29, 0.717) is 0 Å². The van der Waals surface area contributed by atoms with Crippen LogP contribution in [0.15, 0.2) is 42.6 Å². The van der Waals surface area contributed by atoms with E-state index in [1.54, 1.807) is 25.1 Å². The molecule has 0 saturated heterocycles. The number of benzene rings is 1. The van der Waals surface area contributed by atoms with Gasteiger partial charge in [0.15, 0.2) is 0 Å². The summed E-state index contributed by atoms with van der Waals surface area (Å²) in [6, 6.07) is 9.12. The highest BCUT2D eigenvalue weighted by molar-refractivity contribution is 6.07. The van der Waals surface area contributed by atoms with Crippen LogP contribution in [0.3, 0.4) is 0 Å². The van der Waals surface area contributed by atoms with E-state index in [0.717, 1.165) is 0 Å². The van der Waals surface area contributed by atoms with Crippen LogP contribution >= 0.6 is 0 Å². The number of para-hydroxylation sites is 1. The van der Waals surface area contributed by atoms with Gasteiger partial charge < -0.3 is 10.1 Å². The topological polar surface area (TPSA) is 68.3 Å². The van der Waals surface area contributed by atoms with E-state index in [9.17, 15) is 14.0 Å². The maximum Gasteiger partial charge on any atom is 0.340 e. The normalized spacial score (nSPS) is 10.0. The van der Waals surface area contributed by atoms with Crippen molar-refractivity contribution in [3.05, 3.63) is 59.7 Å². The van der Waals surface area contributed by atoms with E-state index in [4.69, 9.17) is 4.74 Å². The molecule has 0 atom stereocenters. The number of anilines is 1. The van der Waals surface area contributed by atoms with Gasteiger partial charge in [-0.2, -0.15) is 4.39 Å². The summed E-state index contributed by atoms with van der Waals surface area (Å²) in [5.74, 6) is -2.11. The van der Waals surface area contributed by atoms with E-state index in [1.807, 2.05) is 0 Å². The first-order valence-corrected chi connectivity index (χ1v) is 6.31. The first-order valence-electron chi connectivity index (χ1n) is 6.31. The second-order valence-corrected chi connectivity index (χ2v) is 4.06. The second kappa shape index (κ2) is 6.60. The lowest BCUT2D eigenvalue weighted by Gasteiger charge is -2.10. The van der Waals surface area contributed by atoms with E-state index < -0.39 is 17.8 Å². The van der Waals surface area contributed by atoms with Crippen LogP contribution in [0.4, 0.5) is 10.1 Å². The summed E-state index contributed by atoms with van der Waals surface area (Å²) in [4.78, 5) is 27.2. The first-order chi connectivity index (χ1) is 10.1. The number of hydrogen-bond donors (Lipinski definition) is 1. The van der Waals surface area contributed by atoms with Crippen molar-refractivity contribution in [1.29, 1.82) is 0 Å². The Hall–Kier alpha value is -2.76. The minimum Gasteiger partial charge on any atom is -0.462 e. The Balaban J connectivity index is 2.26. The van der Waals surface area contributed by atoms with Crippen molar-refractivity contribution >= 4 is 17.6 Å². The summed E-state index contributed by atoms with van der Waals surface area (Å²) in [6.45, 7) is 1.91. The number of ether oxygens (including phenoxy) is 1. The number of nitrogens with zero attached hydrogens (tertiary/aromatic N) is 1. The predicted octanol–water partition coefficient (Wildman–Crippen LogP) is 2.65. The van der Waals surface area contributed by atoms with Gasteiger partial charge in [0.2, 0.25) is 5.95 Å². The number of esters is 1. The average Bonchev–Trinajstić information content (AvgIpc) is 2.48. The number of halogens is 1. The number of pyridine rings is 1. The van der Waals surface area contributed by atoms with Crippen LogP contribution in [0.5, 0.6) is 0 Å². The van der Waals surface area contributed by atoms with Crippen molar-refractivity contribution in [3.63, 3.8) is 0 Å². The summed E-state index contributed by atoms with van der Waals surface area (Å²) in [5, 5.41) is 2.49. The molecule has 2 rings (SSSR count). The van der Waals surface area contributed by atoms with Crippen molar-refractivity contribution in [2.45, 2.75) is 6.92 Å². The third kappa shape index (κ3) is 3.42. The molecule has 5 nitrogen and oxygen atoms in total. The highest BCUT2D eigenvalue weighted by Gasteiger charge is 2.17. The average molecular weight is 288 g/mol. The Morgan fingerprint density at radius 2 is 1.90 bits per heavy atom. The molecule has 0 aliphatic heterocycles. The van der Waals surface area contributed by atoms with E-state index >= 15 is 0 Å². The van der Waals surface area contributed by atoms with Crippen molar-refractivity contribution in [1.82, 2.24) is 4.98 Å². The molecule has 1 aromatic carbocycles. The quantitative estimate of drug-likeness (QED) is 0.693. The fourth-order valence-electron chi connectivity index (χ4n) is 1.72. The Kier molecular flexibility index (Phi) is 4.61. The maximum absolute atomic E-state index is 13.5. The Bertz CT molecular complexity index is 673. The molecule has 1 aromatic heterocycles. The number of carbonyl (C=O) groups is 2. The summed E-state index contributed by atoms with van der Waals surface area (Å²) in [6.07, 6.45) is 1.25. The molecule has 108 valence electrons. The number of carbonyl (C=O) groups excluding carboxylic acids is 2. The number of aromatic nitrogens is 1. The van der Waals surface area contributed by atoms with Crippen LogP contribution in [0.25, 0.3) is 0 Å². The van der Waals surface area contributed by atoms with Crippen LogP contribution in [-0.2, 0) is 4.74 Å². The molecule has 2 aromatic rings. The van der Waals surface area contributed by atoms with Gasteiger partial charge in [0.25, 0.3) is 5.91 Å². The molecule has 21 heavy (non-hydrogen) atoms. The molecule has 0 aliphatic rings. The number of rotatable bonds is 4. The highest BCUT2D eigenvalue weighted by atomic mass is 19.1. The van der Waals surface area contributed by atoms with E-state index in [2.05, 4.69) is 10.3 Å². The molecular weight excluding hydrogens is 275 g/mol. The third-order valence-electron chi connectivity index (χ3n) is 2.67. The van der Waals surface area contributed by atoms with Crippen LogP contribution in [0.1, 0.15) is 27.6 Å². The molecule has 1 heterocycles. The largest absolute Gasteiger partial charge is 0.462 e. The zero-order chi connectivity index (χ0) is 15.2. The number of nitrogens with one attached hydrogen (secondary N) is 1. The fraction of sp³-hybridized carbons (Fsp3) is 0.133. The van der Waals surface area contributed by atoms with Crippen molar-refractivity contribution in [3.8, 4) is 0 Å². The third-order valence-corrected chi connectivity index (χ3v) is 2.67. The van der Waals surface area contributed by atoms with Gasteiger partial charge in [0.05, 0.1) is 23.4 Å². The van der Waals surface area contributed by atoms with Gasteiger partial charge in [-0.15, -0.1) is 0 Å². The van der Waals surface area contributed by atoms with Gasteiger partial charge in [-0.05, 0) is 31.2 Å². The predicted molar refractivity (Wildman–Crippen MR) is 74.5 cm³/mol. The van der Waals surface area contributed by atoms with Crippen molar-refractivity contribution < 1.29 is 18.7 Å². The molecule has 0 saturated carbocycles. The summed E-state index contributed by atoms with van der Waals surface area (Å²) in [7, 11) is 0. The number of amides is 1. The van der Waals surface area contributed by atoms with E-state index in [-0.39, 0.29) is 23.4 Å². The van der Waals surface area contributed by atoms with Gasteiger partial charge in [-0.25, -0.2) is 9.78 Å². The monoisotopic (exact) mass is 288 g/mol. The highest BCUT2D eigenvalue weighted by Crippen LogP contribution is 2.17. The van der Waals surface area contributed by atoms with Gasteiger partial charge >= 0.3 is 5.97 Å². The summed E-state index contributed by atoms with van der Waals surface area (Å²) >= 11 is 0. The lowest BCUT2D eigenvalue weighted by atomic mass is 10.1. The number of hydrogen-bond acceptors (Lipinski definition) is 4. The van der Waals surface area contributed by atoms with Crippen LogP contribution in [0.2, 0.25) is 0 Å². The molecule has 0 aliphatic carbocycles. The van der Waals surface area contributed by atoms with Gasteiger partial charge in [-0.1, -0.05) is 12.1 Å². The molecular formula is C15H13FN2O3. The Morgan fingerprint density at radius 3 is 2.62 bits per heavy atom. The molecule has 6 heteroatoms. The molecule has 0 unspecified atom stereocenters. The first kappa shape index (κ1) is 14.6. The maximum atomic E-state index is 13.5. The standard InChI is InChI=1S/C15H13FN2O3/c1-2-21-15(20)10-6-3-4-8-12(10)18-14(19)11-7-5-9-17-13(11)16/h3-9H,2H2,1H3,(H,18,19). The Morgan fingerprint density at radius 1 is 1.19 bits per heavy atom. The fourth-order valence-corrected chi connectivity index (χ4v) is 1.72. The molecule has 0 bridgehead atoms. The van der Waals surface area contributed by atoms with Crippen molar-refractivity contribution in [2.75, 3.05) is 11.9 Å². The minimum absolute atomic E-state index is 0.198. The van der Waals surface area contributed by atoms with Gasteiger partial charge in [0.1, 0.15) is 0 Å². The van der Waals surface area contributed by atoms with Crippen molar-refractivity contribution in [2.24, 2.45) is 0 Å². The zero-order valence-electron chi connectivity index (χ0n) is 11.3. The molecule has 1 amide bonds. The SMILES string of the molecule is CCOC(=O)c1ccccc1NC(=O)c1cccnc1F. The molecule has 1 N–H and O–H groups in total. The van der Waals surface area contributed by atoms with Gasteiger partial charge in [-0.3, -0.25) is 4.79 Å². The molecule has 0 spiro atoms. The van der Waals surface area contributed by atoms with E-state index in [1.165, 1.54) is 24.4 Å². The lowest BCUT2D eigenvalue weighted by Crippen LogP contribution is -2.17. The Labute approximate surface area is 120 Å². The van der Waals surface area contributed by atoms with Crippen LogP contribution < -0.4 is 5.32 Å². The lowest BCUT2D eigenvalue weighted by molar-refractivity contribution is 0.0527. The smallest absolute Gasteiger partial charge is 0.340 e. The van der Waals surface area contributed by atoms with Crippen LogP contribution in [0, 0.1) is 5.95 Å². The van der Waals surface area contributed by atoms with Gasteiger partial charge in [0, 0.05) is 6.20 Å². The minimum atomic E-state index is -0.872. The molecule has 0 radical (unpaired) electrons.